The van der Waals surface area contributed by atoms with Gasteiger partial charge in [-0.25, -0.2) is 0 Å². The molecule has 1 saturated heterocycles. The van der Waals surface area contributed by atoms with Gasteiger partial charge >= 0.3 is 0 Å². The fourth-order valence-corrected chi connectivity index (χ4v) is 0.935. The van der Waals surface area contributed by atoms with Crippen LogP contribution in [0.3, 0.4) is 0 Å². The third-order valence-corrected chi connectivity index (χ3v) is 1.75. The average Bonchev–Trinajstić information content (AvgIpc) is 2.84. The summed E-state index contributed by atoms with van der Waals surface area (Å²) in [7, 11) is 0. The highest BCUT2D eigenvalue weighted by atomic mass is 16.7. The summed E-state index contributed by atoms with van der Waals surface area (Å²) in [6.07, 6.45) is 3.42. The Kier molecular flexibility index (Phi) is 1.47. The van der Waals surface area contributed by atoms with E-state index in [1.165, 1.54) is 0 Å². The predicted molar refractivity (Wildman–Crippen MR) is 38.9 cm³/mol. The van der Waals surface area contributed by atoms with Gasteiger partial charge in [0.2, 0.25) is 0 Å². The van der Waals surface area contributed by atoms with Crippen molar-refractivity contribution in [3.63, 3.8) is 0 Å². The maximum atomic E-state index is 5.25. The van der Waals surface area contributed by atoms with Gasteiger partial charge in [-0.05, 0) is 0 Å². The summed E-state index contributed by atoms with van der Waals surface area (Å²) in [6.45, 7) is 5.41. The van der Waals surface area contributed by atoms with Gasteiger partial charge in [0.1, 0.15) is 6.26 Å². The first-order chi connectivity index (χ1) is 5.37. The van der Waals surface area contributed by atoms with E-state index >= 15 is 0 Å². The lowest BCUT2D eigenvalue weighted by molar-refractivity contribution is 0.104. The largest absolute Gasteiger partial charge is 0.459 e. The van der Waals surface area contributed by atoms with E-state index in [0.717, 1.165) is 12.4 Å². The number of hydrogen-bond acceptors (Lipinski definition) is 3. The van der Waals surface area contributed by atoms with Crippen LogP contribution in [0.15, 0.2) is 24.7 Å². The SMILES string of the molecule is C=CCOCC1(C2=CO2)CO1. The quantitative estimate of drug-likeness (QED) is 0.334. The highest BCUT2D eigenvalue weighted by Crippen LogP contribution is 2.41. The fourth-order valence-electron chi connectivity index (χ4n) is 0.935. The van der Waals surface area contributed by atoms with Crippen LogP contribution in [0.1, 0.15) is 0 Å². The Morgan fingerprint density at radius 1 is 1.82 bits per heavy atom. The molecule has 0 aromatic carbocycles. The van der Waals surface area contributed by atoms with Gasteiger partial charge in [0.25, 0.3) is 0 Å². The van der Waals surface area contributed by atoms with E-state index in [9.17, 15) is 0 Å². The van der Waals surface area contributed by atoms with Crippen molar-refractivity contribution in [2.45, 2.75) is 5.60 Å². The Morgan fingerprint density at radius 2 is 2.55 bits per heavy atom. The third kappa shape index (κ3) is 1.29. The molecule has 0 amide bonds. The monoisotopic (exact) mass is 154 g/mol. The molecule has 0 bridgehead atoms. The second-order valence-electron chi connectivity index (χ2n) is 2.69. The van der Waals surface area contributed by atoms with E-state index in [1.54, 1.807) is 12.3 Å². The van der Waals surface area contributed by atoms with Crippen molar-refractivity contribution in [2.75, 3.05) is 19.8 Å². The summed E-state index contributed by atoms with van der Waals surface area (Å²) in [5.41, 5.74) is -0.219. The zero-order valence-corrected chi connectivity index (χ0v) is 6.21. The van der Waals surface area contributed by atoms with Gasteiger partial charge in [-0.3, -0.25) is 0 Å². The van der Waals surface area contributed by atoms with Gasteiger partial charge < -0.3 is 14.2 Å². The molecule has 2 rings (SSSR count). The summed E-state index contributed by atoms with van der Waals surface area (Å²) in [5, 5.41) is 0. The molecule has 0 radical (unpaired) electrons. The summed E-state index contributed by atoms with van der Waals surface area (Å²) < 4.78 is 15.4. The van der Waals surface area contributed by atoms with E-state index in [1.807, 2.05) is 0 Å². The van der Waals surface area contributed by atoms with E-state index in [2.05, 4.69) is 6.58 Å². The molecule has 0 aromatic heterocycles. The first kappa shape index (κ1) is 6.88. The van der Waals surface area contributed by atoms with Crippen LogP contribution < -0.4 is 0 Å². The number of epoxide rings is 1. The third-order valence-electron chi connectivity index (χ3n) is 1.75. The molecule has 0 aliphatic carbocycles. The lowest BCUT2D eigenvalue weighted by Gasteiger charge is -2.04. The van der Waals surface area contributed by atoms with Crippen molar-refractivity contribution in [3.05, 3.63) is 24.7 Å². The van der Waals surface area contributed by atoms with Crippen LogP contribution in [0.4, 0.5) is 0 Å². The normalized spacial score (nSPS) is 32.2. The lowest BCUT2D eigenvalue weighted by Crippen LogP contribution is -2.18. The minimum Gasteiger partial charge on any atom is -0.459 e. The van der Waals surface area contributed by atoms with Gasteiger partial charge in [0.15, 0.2) is 11.4 Å². The molecule has 11 heavy (non-hydrogen) atoms. The molecule has 0 aromatic rings. The Labute approximate surface area is 65.2 Å². The van der Waals surface area contributed by atoms with Gasteiger partial charge in [-0.1, -0.05) is 6.08 Å². The fraction of sp³-hybridized carbons (Fsp3) is 0.500. The molecule has 1 atom stereocenters. The van der Waals surface area contributed by atoms with Crippen molar-refractivity contribution in [3.8, 4) is 0 Å². The minimum absolute atomic E-state index is 0.219. The smallest absolute Gasteiger partial charge is 0.175 e. The average molecular weight is 154 g/mol. The second-order valence-corrected chi connectivity index (χ2v) is 2.69. The van der Waals surface area contributed by atoms with Crippen LogP contribution in [0.2, 0.25) is 0 Å². The van der Waals surface area contributed by atoms with Crippen LogP contribution in [-0.4, -0.2) is 25.4 Å². The number of ether oxygens (including phenoxy) is 3. The lowest BCUT2D eigenvalue weighted by atomic mass is 10.2. The highest BCUT2D eigenvalue weighted by molar-refractivity contribution is 5.24. The molecule has 2 heterocycles. The highest BCUT2D eigenvalue weighted by Gasteiger charge is 2.54. The van der Waals surface area contributed by atoms with E-state index in [4.69, 9.17) is 14.2 Å². The van der Waals surface area contributed by atoms with Gasteiger partial charge in [0.05, 0.1) is 19.8 Å². The Balaban J connectivity index is 1.76. The molecule has 1 unspecified atom stereocenters. The maximum Gasteiger partial charge on any atom is 0.175 e. The molecule has 2 aliphatic heterocycles. The zero-order valence-electron chi connectivity index (χ0n) is 6.21. The Bertz CT molecular complexity index is 203. The standard InChI is InChI=1S/C8H10O3/c1-2-3-9-5-8(6-11-8)7-4-10-7/h2,4H,1,3,5-6H2. The molecule has 3 nitrogen and oxygen atoms in total. The molecular weight excluding hydrogens is 144 g/mol. The molecular formula is C8H10O3. The van der Waals surface area contributed by atoms with E-state index < -0.39 is 0 Å². The Hall–Kier alpha value is -0.800. The van der Waals surface area contributed by atoms with Gasteiger partial charge in [-0.15, -0.1) is 6.58 Å². The Morgan fingerprint density at radius 3 is 3.00 bits per heavy atom. The first-order valence-electron chi connectivity index (χ1n) is 3.57. The first-order valence-corrected chi connectivity index (χ1v) is 3.57. The maximum absolute atomic E-state index is 5.25. The molecule has 0 N–H and O–H groups in total. The molecule has 60 valence electrons. The topological polar surface area (TPSA) is 34.3 Å². The molecule has 2 aliphatic rings. The zero-order chi connectivity index (χ0) is 7.73. The van der Waals surface area contributed by atoms with Crippen molar-refractivity contribution in [1.29, 1.82) is 0 Å². The van der Waals surface area contributed by atoms with E-state index in [0.29, 0.717) is 13.2 Å². The van der Waals surface area contributed by atoms with Crippen LogP contribution in [0.5, 0.6) is 0 Å². The molecule has 3 heteroatoms. The van der Waals surface area contributed by atoms with Crippen molar-refractivity contribution in [1.82, 2.24) is 0 Å². The predicted octanol–water partition coefficient (Wildman–Crippen LogP) is 0.830. The summed E-state index contributed by atoms with van der Waals surface area (Å²) in [4.78, 5) is 0. The van der Waals surface area contributed by atoms with Crippen LogP contribution in [0.25, 0.3) is 0 Å². The molecule has 0 spiro atoms. The van der Waals surface area contributed by atoms with Crippen LogP contribution >= 0.6 is 0 Å². The van der Waals surface area contributed by atoms with Crippen molar-refractivity contribution in [2.24, 2.45) is 0 Å². The van der Waals surface area contributed by atoms with Crippen molar-refractivity contribution >= 4 is 0 Å². The van der Waals surface area contributed by atoms with E-state index in [-0.39, 0.29) is 5.60 Å². The molecule has 0 saturated carbocycles. The van der Waals surface area contributed by atoms with Crippen LogP contribution in [-0.2, 0) is 14.2 Å². The molecule has 1 fully saturated rings. The minimum atomic E-state index is -0.219. The van der Waals surface area contributed by atoms with Crippen LogP contribution in [0, 0.1) is 0 Å². The van der Waals surface area contributed by atoms with Gasteiger partial charge in [0, 0.05) is 0 Å². The summed E-state index contributed by atoms with van der Waals surface area (Å²) in [5.74, 6) is 0.918. The summed E-state index contributed by atoms with van der Waals surface area (Å²) in [6, 6.07) is 0. The summed E-state index contributed by atoms with van der Waals surface area (Å²) >= 11 is 0. The van der Waals surface area contributed by atoms with Crippen molar-refractivity contribution < 1.29 is 14.2 Å². The second kappa shape index (κ2) is 2.36. The van der Waals surface area contributed by atoms with Gasteiger partial charge in [-0.2, -0.15) is 0 Å². The number of hydrogen-bond donors (Lipinski definition) is 0. The number of rotatable bonds is 5.